The van der Waals surface area contributed by atoms with Crippen molar-refractivity contribution in [1.29, 1.82) is 0 Å². The number of carboxylic acid groups (broad SMARTS) is 1. The van der Waals surface area contributed by atoms with Crippen molar-refractivity contribution >= 4 is 5.97 Å². The summed E-state index contributed by atoms with van der Waals surface area (Å²) in [5.74, 6) is -0.710. The molecule has 1 saturated heterocycles. The van der Waals surface area contributed by atoms with E-state index in [1.54, 1.807) is 0 Å². The predicted molar refractivity (Wildman–Crippen MR) is 89.3 cm³/mol. The smallest absolute Gasteiger partial charge is 0.303 e. The van der Waals surface area contributed by atoms with Gasteiger partial charge in [-0.3, -0.25) is 4.79 Å². The molecule has 1 rings (SSSR count). The number of rotatable bonds is 12. The summed E-state index contributed by atoms with van der Waals surface area (Å²) >= 11 is 0. The van der Waals surface area contributed by atoms with E-state index >= 15 is 0 Å². The topological polar surface area (TPSA) is 87.0 Å². The standard InChI is InChI=1S/C18H32O5/c1-2-14(19)17-13-15(20)16(23-17)11-9-7-5-3-4-6-8-10-12-18(21)22/h7,9,14-17,19-20H,2-6,8,10-13H2,1H3,(H,21,22)/b9-7-. The number of hydrogen-bond acceptors (Lipinski definition) is 4. The molecular formula is C18H32O5. The van der Waals surface area contributed by atoms with Gasteiger partial charge >= 0.3 is 5.97 Å². The van der Waals surface area contributed by atoms with Crippen LogP contribution in [0.1, 0.15) is 71.1 Å². The minimum Gasteiger partial charge on any atom is -0.481 e. The highest BCUT2D eigenvalue weighted by atomic mass is 16.5. The van der Waals surface area contributed by atoms with Crippen LogP contribution in [0, 0.1) is 0 Å². The van der Waals surface area contributed by atoms with Gasteiger partial charge in [-0.25, -0.2) is 0 Å². The number of aliphatic hydroxyl groups is 2. The molecule has 0 bridgehead atoms. The van der Waals surface area contributed by atoms with Gasteiger partial charge in [0.2, 0.25) is 0 Å². The molecule has 0 amide bonds. The second-order valence-corrected chi connectivity index (χ2v) is 6.40. The molecule has 1 aliphatic heterocycles. The number of hydrogen-bond donors (Lipinski definition) is 3. The summed E-state index contributed by atoms with van der Waals surface area (Å²) in [7, 11) is 0. The maximum absolute atomic E-state index is 10.4. The van der Waals surface area contributed by atoms with Crippen LogP contribution >= 0.6 is 0 Å². The summed E-state index contributed by atoms with van der Waals surface area (Å²) in [6.07, 6.45) is 11.0. The van der Waals surface area contributed by atoms with Crippen LogP contribution < -0.4 is 0 Å². The minimum atomic E-state index is -0.710. The van der Waals surface area contributed by atoms with Crippen molar-refractivity contribution in [2.45, 2.75) is 95.5 Å². The van der Waals surface area contributed by atoms with Crippen LogP contribution in [0.15, 0.2) is 12.2 Å². The molecule has 134 valence electrons. The quantitative estimate of drug-likeness (QED) is 0.379. The minimum absolute atomic E-state index is 0.200. The molecule has 0 aromatic carbocycles. The molecule has 0 saturated carbocycles. The summed E-state index contributed by atoms with van der Waals surface area (Å²) in [4.78, 5) is 10.4. The van der Waals surface area contributed by atoms with Crippen molar-refractivity contribution < 1.29 is 24.9 Å². The first-order chi connectivity index (χ1) is 11.0. The van der Waals surface area contributed by atoms with E-state index in [0.717, 1.165) is 38.5 Å². The summed E-state index contributed by atoms with van der Waals surface area (Å²) in [5.41, 5.74) is 0. The summed E-state index contributed by atoms with van der Waals surface area (Å²) in [6.45, 7) is 1.91. The van der Waals surface area contributed by atoms with Crippen LogP contribution in [0.2, 0.25) is 0 Å². The molecule has 1 heterocycles. The lowest BCUT2D eigenvalue weighted by atomic mass is 10.0. The van der Waals surface area contributed by atoms with Gasteiger partial charge in [0.25, 0.3) is 0 Å². The first-order valence-corrected chi connectivity index (χ1v) is 8.93. The number of unbranched alkanes of at least 4 members (excludes halogenated alkanes) is 5. The van der Waals surface area contributed by atoms with E-state index in [-0.39, 0.29) is 18.6 Å². The molecule has 0 aromatic heterocycles. The number of ether oxygens (including phenoxy) is 1. The Hall–Kier alpha value is -0.910. The lowest BCUT2D eigenvalue weighted by Crippen LogP contribution is -2.25. The number of allylic oxidation sites excluding steroid dienone is 1. The highest BCUT2D eigenvalue weighted by Crippen LogP contribution is 2.26. The Morgan fingerprint density at radius 1 is 1.22 bits per heavy atom. The Morgan fingerprint density at radius 3 is 2.61 bits per heavy atom. The average molecular weight is 328 g/mol. The number of carbonyl (C=O) groups is 1. The third-order valence-corrected chi connectivity index (χ3v) is 4.40. The van der Waals surface area contributed by atoms with Gasteiger partial charge in [0, 0.05) is 12.8 Å². The van der Waals surface area contributed by atoms with Crippen molar-refractivity contribution in [2.24, 2.45) is 0 Å². The van der Waals surface area contributed by atoms with Gasteiger partial charge in [-0.2, -0.15) is 0 Å². The van der Waals surface area contributed by atoms with Gasteiger partial charge in [0.15, 0.2) is 0 Å². The van der Waals surface area contributed by atoms with E-state index in [1.807, 2.05) is 6.92 Å². The molecule has 4 unspecified atom stereocenters. The Kier molecular flexibility index (Phi) is 10.2. The molecule has 0 spiro atoms. The largest absolute Gasteiger partial charge is 0.481 e. The summed E-state index contributed by atoms with van der Waals surface area (Å²) in [5, 5.41) is 28.3. The fourth-order valence-corrected chi connectivity index (χ4v) is 2.90. The van der Waals surface area contributed by atoms with Crippen LogP contribution in [0.5, 0.6) is 0 Å². The number of aliphatic carboxylic acids is 1. The molecule has 5 nitrogen and oxygen atoms in total. The molecule has 0 radical (unpaired) electrons. The van der Waals surface area contributed by atoms with E-state index in [1.165, 1.54) is 0 Å². The van der Waals surface area contributed by atoms with Gasteiger partial charge < -0.3 is 20.1 Å². The van der Waals surface area contributed by atoms with E-state index in [2.05, 4.69) is 12.2 Å². The maximum Gasteiger partial charge on any atom is 0.303 e. The van der Waals surface area contributed by atoms with Gasteiger partial charge in [-0.1, -0.05) is 38.3 Å². The molecule has 1 fully saturated rings. The summed E-state index contributed by atoms with van der Waals surface area (Å²) < 4.78 is 5.72. The predicted octanol–water partition coefficient (Wildman–Crippen LogP) is 3.04. The van der Waals surface area contributed by atoms with Crippen LogP contribution in [-0.4, -0.2) is 45.7 Å². The Morgan fingerprint density at radius 2 is 1.91 bits per heavy atom. The second-order valence-electron chi connectivity index (χ2n) is 6.40. The lowest BCUT2D eigenvalue weighted by Gasteiger charge is -2.16. The molecule has 3 N–H and O–H groups in total. The highest BCUT2D eigenvalue weighted by molar-refractivity contribution is 5.66. The van der Waals surface area contributed by atoms with E-state index in [4.69, 9.17) is 9.84 Å². The fraction of sp³-hybridized carbons (Fsp3) is 0.833. The molecule has 0 aromatic rings. The molecule has 0 aliphatic carbocycles. The summed E-state index contributed by atoms with van der Waals surface area (Å²) in [6, 6.07) is 0. The van der Waals surface area contributed by atoms with Crippen molar-refractivity contribution in [3.05, 3.63) is 12.2 Å². The van der Waals surface area contributed by atoms with Crippen molar-refractivity contribution in [3.8, 4) is 0 Å². The van der Waals surface area contributed by atoms with Gasteiger partial charge in [-0.05, 0) is 32.1 Å². The second kappa shape index (κ2) is 11.6. The fourth-order valence-electron chi connectivity index (χ4n) is 2.90. The van der Waals surface area contributed by atoms with Gasteiger partial charge in [0.05, 0.1) is 24.4 Å². The van der Waals surface area contributed by atoms with Gasteiger partial charge in [-0.15, -0.1) is 0 Å². The first kappa shape index (κ1) is 20.1. The van der Waals surface area contributed by atoms with Crippen molar-refractivity contribution in [3.63, 3.8) is 0 Å². The third-order valence-electron chi connectivity index (χ3n) is 4.40. The number of aliphatic hydroxyl groups excluding tert-OH is 2. The van der Waals surface area contributed by atoms with E-state index in [0.29, 0.717) is 19.3 Å². The Balaban J connectivity index is 2.03. The van der Waals surface area contributed by atoms with Crippen LogP contribution in [0.3, 0.4) is 0 Å². The molecule has 4 atom stereocenters. The third kappa shape index (κ3) is 8.49. The zero-order valence-corrected chi connectivity index (χ0v) is 14.2. The highest BCUT2D eigenvalue weighted by Gasteiger charge is 2.36. The monoisotopic (exact) mass is 328 g/mol. The maximum atomic E-state index is 10.4. The molecule has 1 aliphatic rings. The van der Waals surface area contributed by atoms with Crippen molar-refractivity contribution in [2.75, 3.05) is 0 Å². The van der Waals surface area contributed by atoms with E-state index in [9.17, 15) is 15.0 Å². The van der Waals surface area contributed by atoms with Crippen LogP contribution in [-0.2, 0) is 9.53 Å². The normalized spacial score (nSPS) is 26.0. The zero-order chi connectivity index (χ0) is 17.1. The Labute approximate surface area is 139 Å². The zero-order valence-electron chi connectivity index (χ0n) is 14.2. The van der Waals surface area contributed by atoms with E-state index < -0.39 is 18.2 Å². The number of carboxylic acids is 1. The molecule has 5 heteroatoms. The first-order valence-electron chi connectivity index (χ1n) is 8.93. The molecule has 23 heavy (non-hydrogen) atoms. The lowest BCUT2D eigenvalue weighted by molar-refractivity contribution is -0.137. The Bertz CT molecular complexity index is 355. The average Bonchev–Trinajstić information content (AvgIpc) is 2.89. The SMILES string of the molecule is CCC(O)C1CC(O)C(C/C=C\CCCCCCCC(=O)O)O1. The van der Waals surface area contributed by atoms with Crippen LogP contribution in [0.4, 0.5) is 0 Å². The van der Waals surface area contributed by atoms with Gasteiger partial charge in [0.1, 0.15) is 0 Å². The molecular weight excluding hydrogens is 296 g/mol. The van der Waals surface area contributed by atoms with Crippen molar-refractivity contribution in [1.82, 2.24) is 0 Å². The van der Waals surface area contributed by atoms with Crippen LogP contribution in [0.25, 0.3) is 0 Å².